The molecule has 20 heavy (non-hydrogen) atoms. The van der Waals surface area contributed by atoms with Crippen LogP contribution in [0.5, 0.6) is 0 Å². The van der Waals surface area contributed by atoms with Crippen LogP contribution in [-0.2, 0) is 13.0 Å². The highest BCUT2D eigenvalue weighted by molar-refractivity contribution is 5.51. The second-order valence-corrected chi connectivity index (χ2v) is 6.42. The summed E-state index contributed by atoms with van der Waals surface area (Å²) >= 11 is 0. The van der Waals surface area contributed by atoms with E-state index in [4.69, 9.17) is 0 Å². The van der Waals surface area contributed by atoms with Crippen LogP contribution >= 0.6 is 0 Å². The Labute approximate surface area is 122 Å². The fourth-order valence-electron chi connectivity index (χ4n) is 3.89. The van der Waals surface area contributed by atoms with Crippen LogP contribution in [0.3, 0.4) is 0 Å². The van der Waals surface area contributed by atoms with Crippen molar-refractivity contribution < 1.29 is 0 Å². The van der Waals surface area contributed by atoms with Crippen molar-refractivity contribution in [2.45, 2.75) is 59.9 Å². The molecule has 0 spiro atoms. The molecule has 2 heterocycles. The molecule has 1 aliphatic heterocycles. The predicted molar refractivity (Wildman–Crippen MR) is 85.6 cm³/mol. The molecule has 0 amide bonds. The molecule has 0 fully saturated rings. The van der Waals surface area contributed by atoms with E-state index in [9.17, 15) is 0 Å². The van der Waals surface area contributed by atoms with Gasteiger partial charge in [0.25, 0.3) is 0 Å². The van der Waals surface area contributed by atoms with Crippen molar-refractivity contribution in [2.75, 3.05) is 0 Å². The topological polar surface area (TPSA) is 4.93 Å². The maximum Gasteiger partial charge on any atom is 0.0228 e. The number of hydrogen-bond acceptors (Lipinski definition) is 0. The molecule has 1 aromatic heterocycles. The van der Waals surface area contributed by atoms with E-state index < -0.39 is 0 Å². The lowest BCUT2D eigenvalue weighted by atomic mass is 9.79. The van der Waals surface area contributed by atoms with Gasteiger partial charge in [0.15, 0.2) is 0 Å². The molecule has 2 aromatic rings. The summed E-state index contributed by atoms with van der Waals surface area (Å²) in [6.45, 7) is 12.6. The monoisotopic (exact) mass is 267 g/mol. The third kappa shape index (κ3) is 1.91. The Balaban J connectivity index is 2.08. The van der Waals surface area contributed by atoms with Crippen LogP contribution in [0.15, 0.2) is 18.3 Å². The molecule has 0 bridgehead atoms. The summed E-state index contributed by atoms with van der Waals surface area (Å²) in [5.41, 5.74) is 10.6. The maximum absolute atomic E-state index is 2.41. The van der Waals surface area contributed by atoms with E-state index in [1.54, 1.807) is 5.56 Å². The summed E-state index contributed by atoms with van der Waals surface area (Å²) in [4.78, 5) is 0. The highest BCUT2D eigenvalue weighted by atomic mass is 15.0. The van der Waals surface area contributed by atoms with Gasteiger partial charge in [-0.15, -0.1) is 0 Å². The number of nitrogens with zero attached hydrogens (tertiary/aromatic N) is 1. The summed E-state index contributed by atoms with van der Waals surface area (Å²) in [6, 6.07) is 4.47. The molecule has 0 N–H and O–H groups in total. The first kappa shape index (κ1) is 13.5. The molecule has 3 rings (SSSR count). The number of rotatable bonds is 1. The van der Waals surface area contributed by atoms with Gasteiger partial charge in [-0.2, -0.15) is 0 Å². The SMILES string of the molecule is Cc1c(C)c(C)c(C2CCn3cccc3C2)c(C)c1C. The van der Waals surface area contributed by atoms with E-state index >= 15 is 0 Å². The van der Waals surface area contributed by atoms with Gasteiger partial charge in [0.05, 0.1) is 0 Å². The molecule has 0 radical (unpaired) electrons. The predicted octanol–water partition coefficient (Wildman–Crippen LogP) is 4.76. The zero-order chi connectivity index (χ0) is 14.4. The number of aryl methyl sites for hydroxylation is 1. The van der Waals surface area contributed by atoms with Gasteiger partial charge in [0, 0.05) is 18.4 Å². The van der Waals surface area contributed by atoms with Gasteiger partial charge in [-0.1, -0.05) is 0 Å². The largest absolute Gasteiger partial charge is 0.351 e. The quantitative estimate of drug-likeness (QED) is 0.702. The highest BCUT2D eigenvalue weighted by Gasteiger charge is 2.24. The van der Waals surface area contributed by atoms with E-state index in [0.717, 1.165) is 6.54 Å². The van der Waals surface area contributed by atoms with E-state index in [2.05, 4.69) is 57.5 Å². The van der Waals surface area contributed by atoms with Crippen molar-refractivity contribution >= 4 is 0 Å². The van der Waals surface area contributed by atoms with Gasteiger partial charge in [0.1, 0.15) is 0 Å². The van der Waals surface area contributed by atoms with Crippen LogP contribution in [-0.4, -0.2) is 4.57 Å². The molecular weight excluding hydrogens is 242 g/mol. The second kappa shape index (κ2) is 4.80. The molecule has 0 saturated carbocycles. The Morgan fingerprint density at radius 2 is 1.50 bits per heavy atom. The molecule has 1 aromatic carbocycles. The minimum Gasteiger partial charge on any atom is -0.351 e. The van der Waals surface area contributed by atoms with Crippen molar-refractivity contribution in [3.05, 3.63) is 57.4 Å². The van der Waals surface area contributed by atoms with Gasteiger partial charge in [-0.05, 0) is 98.9 Å². The summed E-state index contributed by atoms with van der Waals surface area (Å²) in [7, 11) is 0. The fraction of sp³-hybridized carbons (Fsp3) is 0.474. The summed E-state index contributed by atoms with van der Waals surface area (Å²) in [5.74, 6) is 0.690. The first-order valence-electron chi connectivity index (χ1n) is 7.71. The minimum absolute atomic E-state index is 0.690. The van der Waals surface area contributed by atoms with Gasteiger partial charge < -0.3 is 4.57 Å². The number of benzene rings is 1. The Kier molecular flexibility index (Phi) is 3.24. The molecular formula is C19H25N. The van der Waals surface area contributed by atoms with Crippen molar-refractivity contribution in [2.24, 2.45) is 0 Å². The van der Waals surface area contributed by atoms with Gasteiger partial charge in [0.2, 0.25) is 0 Å². The Bertz CT molecular complexity index is 632. The zero-order valence-corrected chi connectivity index (χ0v) is 13.4. The van der Waals surface area contributed by atoms with E-state index in [0.29, 0.717) is 5.92 Å². The molecule has 0 aliphatic carbocycles. The minimum atomic E-state index is 0.690. The Morgan fingerprint density at radius 1 is 0.900 bits per heavy atom. The fourth-order valence-corrected chi connectivity index (χ4v) is 3.89. The molecule has 0 saturated heterocycles. The van der Waals surface area contributed by atoms with E-state index in [1.807, 2.05) is 0 Å². The van der Waals surface area contributed by atoms with Crippen molar-refractivity contribution in [1.82, 2.24) is 4.57 Å². The zero-order valence-electron chi connectivity index (χ0n) is 13.4. The number of fused-ring (bicyclic) bond motifs is 1. The molecule has 1 atom stereocenters. The van der Waals surface area contributed by atoms with Crippen LogP contribution < -0.4 is 0 Å². The Morgan fingerprint density at radius 3 is 2.15 bits per heavy atom. The first-order valence-corrected chi connectivity index (χ1v) is 7.71. The lowest BCUT2D eigenvalue weighted by molar-refractivity contribution is 0.472. The second-order valence-electron chi connectivity index (χ2n) is 6.42. The first-order chi connectivity index (χ1) is 9.50. The lowest BCUT2D eigenvalue weighted by Gasteiger charge is -2.29. The average Bonchev–Trinajstić information content (AvgIpc) is 2.91. The average molecular weight is 267 g/mol. The van der Waals surface area contributed by atoms with Crippen molar-refractivity contribution in [3.8, 4) is 0 Å². The van der Waals surface area contributed by atoms with Gasteiger partial charge in [-0.3, -0.25) is 0 Å². The molecule has 1 unspecified atom stereocenters. The van der Waals surface area contributed by atoms with Crippen molar-refractivity contribution in [3.63, 3.8) is 0 Å². The van der Waals surface area contributed by atoms with Crippen LogP contribution in [0.2, 0.25) is 0 Å². The maximum atomic E-state index is 2.41. The summed E-state index contributed by atoms with van der Waals surface area (Å²) in [6.07, 6.45) is 4.68. The molecule has 1 aliphatic rings. The number of aromatic nitrogens is 1. The van der Waals surface area contributed by atoms with Crippen LogP contribution in [0.1, 0.15) is 51.4 Å². The van der Waals surface area contributed by atoms with Gasteiger partial charge in [-0.25, -0.2) is 0 Å². The van der Waals surface area contributed by atoms with Crippen LogP contribution in [0.25, 0.3) is 0 Å². The molecule has 106 valence electrons. The van der Waals surface area contributed by atoms with Gasteiger partial charge >= 0.3 is 0 Å². The summed E-state index contributed by atoms with van der Waals surface area (Å²) < 4.78 is 2.41. The number of hydrogen-bond donors (Lipinski definition) is 0. The smallest absolute Gasteiger partial charge is 0.0228 e. The molecule has 1 heteroatoms. The van der Waals surface area contributed by atoms with Crippen molar-refractivity contribution in [1.29, 1.82) is 0 Å². The van der Waals surface area contributed by atoms with E-state index in [-0.39, 0.29) is 0 Å². The molecule has 1 nitrogen and oxygen atoms in total. The van der Waals surface area contributed by atoms with Crippen LogP contribution in [0.4, 0.5) is 0 Å². The summed E-state index contributed by atoms with van der Waals surface area (Å²) in [5, 5.41) is 0. The lowest BCUT2D eigenvalue weighted by Crippen LogP contribution is -2.19. The Hall–Kier alpha value is -1.50. The highest BCUT2D eigenvalue weighted by Crippen LogP contribution is 2.37. The normalized spacial score (nSPS) is 18.1. The van der Waals surface area contributed by atoms with Crippen LogP contribution in [0, 0.1) is 34.6 Å². The third-order valence-corrected chi connectivity index (χ3v) is 5.56. The third-order valence-electron chi connectivity index (χ3n) is 5.56. The van der Waals surface area contributed by atoms with E-state index in [1.165, 1.54) is 46.4 Å². The standard InChI is InChI=1S/C19H25N/c1-12-13(2)15(4)19(16(5)14(12)3)17-8-10-20-9-6-7-18(20)11-17/h6-7,9,17H,8,10-11H2,1-5H3.